The summed E-state index contributed by atoms with van der Waals surface area (Å²) in [6.07, 6.45) is 6.47. The molecule has 2 saturated carbocycles. The van der Waals surface area contributed by atoms with E-state index in [0.29, 0.717) is 16.9 Å². The first-order valence-electron chi connectivity index (χ1n) is 6.17. The highest BCUT2D eigenvalue weighted by molar-refractivity contribution is 7.80. The molecule has 2 aliphatic carbocycles. The molecule has 0 aromatic rings. The van der Waals surface area contributed by atoms with Crippen molar-refractivity contribution in [1.29, 1.82) is 0 Å². The second-order valence-electron chi connectivity index (χ2n) is 5.29. The Morgan fingerprint density at radius 1 is 1.38 bits per heavy atom. The summed E-state index contributed by atoms with van der Waals surface area (Å²) in [6.45, 7) is 2.21. The maximum absolute atomic E-state index is 12.1. The van der Waals surface area contributed by atoms with Gasteiger partial charge in [0.25, 0.3) is 0 Å². The zero-order chi connectivity index (χ0) is 11.8. The topological polar surface area (TPSA) is 55.1 Å². The van der Waals surface area contributed by atoms with Crippen LogP contribution in [-0.2, 0) is 4.79 Å². The van der Waals surface area contributed by atoms with Crippen LogP contribution in [0.2, 0.25) is 0 Å². The van der Waals surface area contributed by atoms with Crippen LogP contribution in [0.3, 0.4) is 0 Å². The number of nitrogens with two attached hydrogens (primary N) is 1. The lowest BCUT2D eigenvalue weighted by Crippen LogP contribution is -2.47. The van der Waals surface area contributed by atoms with Crippen LogP contribution in [0.15, 0.2) is 0 Å². The van der Waals surface area contributed by atoms with E-state index < -0.39 is 5.41 Å². The molecule has 0 heterocycles. The molecular formula is C12H20N2OS. The molecule has 0 spiro atoms. The van der Waals surface area contributed by atoms with E-state index in [1.165, 1.54) is 19.3 Å². The van der Waals surface area contributed by atoms with Gasteiger partial charge in [-0.15, -0.1) is 0 Å². The Balaban J connectivity index is 1.94. The minimum Gasteiger partial charge on any atom is -0.392 e. The molecule has 0 aromatic carbocycles. The summed E-state index contributed by atoms with van der Waals surface area (Å²) >= 11 is 4.98. The van der Waals surface area contributed by atoms with Crippen molar-refractivity contribution in [2.45, 2.75) is 51.5 Å². The number of amides is 1. The summed E-state index contributed by atoms with van der Waals surface area (Å²) in [7, 11) is 0. The monoisotopic (exact) mass is 240 g/mol. The van der Waals surface area contributed by atoms with Gasteiger partial charge in [0.05, 0.1) is 10.4 Å². The Morgan fingerprint density at radius 2 is 2.00 bits per heavy atom. The minimum atomic E-state index is -0.494. The molecule has 1 amide bonds. The van der Waals surface area contributed by atoms with Gasteiger partial charge in [0.15, 0.2) is 0 Å². The molecular weight excluding hydrogens is 220 g/mol. The molecule has 2 atom stereocenters. The van der Waals surface area contributed by atoms with Crippen molar-refractivity contribution in [2.24, 2.45) is 17.1 Å². The molecule has 0 radical (unpaired) electrons. The fourth-order valence-corrected chi connectivity index (χ4v) is 2.84. The highest BCUT2D eigenvalue weighted by Crippen LogP contribution is 2.46. The van der Waals surface area contributed by atoms with Gasteiger partial charge in [-0.05, 0) is 31.6 Å². The maximum Gasteiger partial charge on any atom is 0.233 e. The van der Waals surface area contributed by atoms with E-state index in [1.807, 2.05) is 0 Å². The van der Waals surface area contributed by atoms with Crippen LogP contribution in [0.1, 0.15) is 45.4 Å². The fourth-order valence-electron chi connectivity index (χ4n) is 2.55. The second kappa shape index (κ2) is 4.32. The molecule has 3 nitrogen and oxygen atoms in total. The van der Waals surface area contributed by atoms with Gasteiger partial charge >= 0.3 is 0 Å². The molecule has 0 saturated heterocycles. The first kappa shape index (κ1) is 11.8. The fraction of sp³-hybridized carbons (Fsp3) is 0.833. The summed E-state index contributed by atoms with van der Waals surface area (Å²) in [6, 6.07) is 0.327. The van der Waals surface area contributed by atoms with E-state index >= 15 is 0 Å². The van der Waals surface area contributed by atoms with Gasteiger partial charge in [-0.25, -0.2) is 0 Å². The average Bonchev–Trinajstić information content (AvgIpc) is 3.02. The van der Waals surface area contributed by atoms with Gasteiger partial charge in [0.2, 0.25) is 5.91 Å². The van der Waals surface area contributed by atoms with Crippen LogP contribution in [0.25, 0.3) is 0 Å². The van der Waals surface area contributed by atoms with Gasteiger partial charge in [-0.2, -0.15) is 0 Å². The lowest BCUT2D eigenvalue weighted by molar-refractivity contribution is -0.125. The average molecular weight is 240 g/mol. The van der Waals surface area contributed by atoms with Crippen LogP contribution in [-0.4, -0.2) is 16.9 Å². The van der Waals surface area contributed by atoms with Crippen LogP contribution < -0.4 is 11.1 Å². The van der Waals surface area contributed by atoms with Crippen molar-refractivity contribution in [3.63, 3.8) is 0 Å². The highest BCUT2D eigenvalue weighted by Gasteiger charge is 2.53. The van der Waals surface area contributed by atoms with E-state index in [-0.39, 0.29) is 5.91 Å². The van der Waals surface area contributed by atoms with Crippen molar-refractivity contribution in [3.8, 4) is 0 Å². The van der Waals surface area contributed by atoms with Gasteiger partial charge in [0.1, 0.15) is 0 Å². The number of hydrogen-bond donors (Lipinski definition) is 2. The lowest BCUT2D eigenvalue weighted by Gasteiger charge is -2.30. The number of rotatable bonds is 3. The Morgan fingerprint density at radius 3 is 2.50 bits per heavy atom. The Kier molecular flexibility index (Phi) is 3.19. The number of nitrogens with one attached hydrogen (secondary N) is 1. The second-order valence-corrected chi connectivity index (χ2v) is 5.73. The normalized spacial score (nSPS) is 31.8. The van der Waals surface area contributed by atoms with Crippen molar-refractivity contribution in [1.82, 2.24) is 5.32 Å². The lowest BCUT2D eigenvalue weighted by atomic mass is 9.85. The van der Waals surface area contributed by atoms with E-state index in [9.17, 15) is 4.79 Å². The quantitative estimate of drug-likeness (QED) is 0.739. The zero-order valence-corrected chi connectivity index (χ0v) is 10.6. The summed E-state index contributed by atoms with van der Waals surface area (Å²) in [5, 5.41) is 3.15. The SMILES string of the molecule is CC1CCCCC1NC(=O)C1(C(N)=S)CC1. The van der Waals surface area contributed by atoms with E-state index in [0.717, 1.165) is 19.3 Å². The predicted molar refractivity (Wildman–Crippen MR) is 68.0 cm³/mol. The molecule has 2 fully saturated rings. The van der Waals surface area contributed by atoms with Gasteiger partial charge in [-0.3, -0.25) is 4.79 Å². The van der Waals surface area contributed by atoms with Gasteiger partial charge in [-0.1, -0.05) is 32.0 Å². The van der Waals surface area contributed by atoms with Crippen LogP contribution in [0.4, 0.5) is 0 Å². The maximum atomic E-state index is 12.1. The Hall–Kier alpha value is -0.640. The summed E-state index contributed by atoms with van der Waals surface area (Å²) in [5.74, 6) is 0.651. The molecule has 16 heavy (non-hydrogen) atoms. The van der Waals surface area contributed by atoms with Crippen molar-refractivity contribution >= 4 is 23.1 Å². The molecule has 4 heteroatoms. The van der Waals surface area contributed by atoms with Crippen LogP contribution in [0.5, 0.6) is 0 Å². The molecule has 3 N–H and O–H groups in total. The number of carbonyl (C=O) groups excluding carboxylic acids is 1. The molecule has 0 aliphatic heterocycles. The predicted octanol–water partition coefficient (Wildman–Crippen LogP) is 1.75. The smallest absolute Gasteiger partial charge is 0.233 e. The Bertz CT molecular complexity index is 312. The van der Waals surface area contributed by atoms with Crippen molar-refractivity contribution in [2.75, 3.05) is 0 Å². The van der Waals surface area contributed by atoms with Crippen molar-refractivity contribution < 1.29 is 4.79 Å². The molecule has 2 aliphatic rings. The van der Waals surface area contributed by atoms with Crippen LogP contribution in [0, 0.1) is 11.3 Å². The third-order valence-electron chi connectivity index (χ3n) is 4.08. The minimum absolute atomic E-state index is 0.0683. The standard InChI is InChI=1S/C12H20N2OS/c1-8-4-2-3-5-9(8)14-11(15)12(6-7-12)10(13)16/h8-9H,2-7H2,1H3,(H2,13,16)(H,14,15). The van der Waals surface area contributed by atoms with Gasteiger partial charge < -0.3 is 11.1 Å². The van der Waals surface area contributed by atoms with E-state index in [1.54, 1.807) is 0 Å². The number of hydrogen-bond acceptors (Lipinski definition) is 2. The van der Waals surface area contributed by atoms with Gasteiger partial charge in [0, 0.05) is 6.04 Å². The van der Waals surface area contributed by atoms with E-state index in [2.05, 4.69) is 12.2 Å². The van der Waals surface area contributed by atoms with Crippen molar-refractivity contribution in [3.05, 3.63) is 0 Å². The molecule has 90 valence electrons. The molecule has 0 aromatic heterocycles. The van der Waals surface area contributed by atoms with Crippen LogP contribution >= 0.6 is 12.2 Å². The van der Waals surface area contributed by atoms with E-state index in [4.69, 9.17) is 18.0 Å². The summed E-state index contributed by atoms with van der Waals surface area (Å²) < 4.78 is 0. The highest BCUT2D eigenvalue weighted by atomic mass is 32.1. The first-order valence-corrected chi connectivity index (χ1v) is 6.58. The Labute approximate surface area is 102 Å². The third-order valence-corrected chi connectivity index (χ3v) is 4.48. The number of carbonyl (C=O) groups is 1. The summed E-state index contributed by atoms with van der Waals surface area (Å²) in [5.41, 5.74) is 5.15. The third kappa shape index (κ3) is 2.08. The molecule has 2 rings (SSSR count). The molecule has 2 unspecified atom stereocenters. The zero-order valence-electron chi connectivity index (χ0n) is 9.79. The molecule has 0 bridgehead atoms. The number of thiocarbonyl (C=S) groups is 1. The first-order chi connectivity index (χ1) is 7.56. The largest absolute Gasteiger partial charge is 0.392 e. The summed E-state index contributed by atoms with van der Waals surface area (Å²) in [4.78, 5) is 12.5.